The fourth-order valence-corrected chi connectivity index (χ4v) is 2.65. The van der Waals surface area contributed by atoms with Crippen molar-refractivity contribution in [1.29, 1.82) is 0 Å². The van der Waals surface area contributed by atoms with Gasteiger partial charge in [-0.3, -0.25) is 4.79 Å². The molecule has 116 valence electrons. The minimum absolute atomic E-state index is 0.00154. The number of anilines is 1. The van der Waals surface area contributed by atoms with Gasteiger partial charge in [0.25, 0.3) is 0 Å². The predicted octanol–water partition coefficient (Wildman–Crippen LogP) is -0.00530. The maximum Gasteiger partial charge on any atom is 0.238 e. The number of piperidine rings is 1. The maximum atomic E-state index is 11.9. The number of amides is 1. The Hall–Kier alpha value is -1.70. The second-order valence-corrected chi connectivity index (χ2v) is 7.66. The lowest BCUT2D eigenvalue weighted by Gasteiger charge is -2.32. The molecule has 1 fully saturated rings. The van der Waals surface area contributed by atoms with Crippen LogP contribution in [0.1, 0.15) is 19.8 Å². The lowest BCUT2D eigenvalue weighted by Crippen LogP contribution is -2.48. The smallest absolute Gasteiger partial charge is 0.238 e. The number of hydrogen-bond acceptors (Lipinski definition) is 6. The third kappa shape index (κ3) is 4.13. The largest absolute Gasteiger partial charge is 0.352 e. The minimum atomic E-state index is -3.35. The molecule has 7 nitrogen and oxygen atoms in total. The topological polar surface area (TPSA) is 92.3 Å². The Morgan fingerprint density at radius 2 is 1.90 bits per heavy atom. The number of hydrogen-bond donors (Lipinski definition) is 1. The van der Waals surface area contributed by atoms with Gasteiger partial charge in [0.15, 0.2) is 9.84 Å². The third-order valence-corrected chi connectivity index (χ3v) is 5.19. The first kappa shape index (κ1) is 15.7. The summed E-state index contributed by atoms with van der Waals surface area (Å²) in [4.78, 5) is 22.3. The molecule has 0 unspecified atom stereocenters. The first-order valence-corrected chi connectivity index (χ1v) is 8.84. The fourth-order valence-electron chi connectivity index (χ4n) is 2.19. The quantitative estimate of drug-likeness (QED) is 0.841. The van der Waals surface area contributed by atoms with Gasteiger partial charge in [-0.2, -0.15) is 0 Å². The molecule has 0 saturated carbocycles. The summed E-state index contributed by atoms with van der Waals surface area (Å²) in [5.74, 6) is 0.263. The number of nitrogens with zero attached hydrogens (tertiary/aromatic N) is 3. The van der Waals surface area contributed by atoms with Gasteiger partial charge < -0.3 is 10.2 Å². The van der Waals surface area contributed by atoms with Crippen LogP contribution >= 0.6 is 0 Å². The summed E-state index contributed by atoms with van der Waals surface area (Å²) >= 11 is 0. The average molecular weight is 312 g/mol. The van der Waals surface area contributed by atoms with Crippen molar-refractivity contribution >= 4 is 21.7 Å². The Bertz CT molecular complexity index is 583. The van der Waals surface area contributed by atoms with Crippen molar-refractivity contribution in [3.8, 4) is 0 Å². The van der Waals surface area contributed by atoms with E-state index in [2.05, 4.69) is 20.2 Å². The van der Waals surface area contributed by atoms with Crippen LogP contribution in [-0.4, -0.2) is 54.9 Å². The van der Waals surface area contributed by atoms with Crippen LogP contribution < -0.4 is 10.2 Å². The standard InChI is InChI=1S/C13H20N4O3S/c1-10(21(2,19)20)12(18)16-11-4-8-17(9-5-11)13-14-6-3-7-15-13/h3,6-7,10-11H,4-5,8-9H2,1-2H3,(H,16,18)/t10-/m1/s1. The number of sulfone groups is 1. The van der Waals surface area contributed by atoms with Crippen molar-refractivity contribution in [3.63, 3.8) is 0 Å². The van der Waals surface area contributed by atoms with E-state index in [1.165, 1.54) is 6.92 Å². The molecule has 0 spiro atoms. The van der Waals surface area contributed by atoms with Gasteiger partial charge in [0, 0.05) is 37.8 Å². The highest BCUT2D eigenvalue weighted by atomic mass is 32.2. The van der Waals surface area contributed by atoms with Crippen LogP contribution in [0.15, 0.2) is 18.5 Å². The summed E-state index contributed by atoms with van der Waals surface area (Å²) in [6.07, 6.45) is 5.97. The van der Waals surface area contributed by atoms with E-state index in [1.807, 2.05) is 0 Å². The lowest BCUT2D eigenvalue weighted by atomic mass is 10.1. The molecule has 1 atom stereocenters. The Kier molecular flexibility index (Phi) is 4.76. The van der Waals surface area contributed by atoms with E-state index < -0.39 is 21.0 Å². The molecule has 1 aliphatic rings. The number of nitrogens with one attached hydrogen (secondary N) is 1. The molecule has 2 rings (SSSR count). The van der Waals surface area contributed by atoms with Gasteiger partial charge in [-0.1, -0.05) is 0 Å². The van der Waals surface area contributed by atoms with E-state index in [4.69, 9.17) is 0 Å². The number of carbonyl (C=O) groups is 1. The monoisotopic (exact) mass is 312 g/mol. The Labute approximate surface area is 124 Å². The molecule has 1 saturated heterocycles. The zero-order valence-electron chi connectivity index (χ0n) is 12.2. The van der Waals surface area contributed by atoms with Gasteiger partial charge >= 0.3 is 0 Å². The molecule has 1 N–H and O–H groups in total. The van der Waals surface area contributed by atoms with E-state index in [0.29, 0.717) is 5.95 Å². The molecule has 1 aliphatic heterocycles. The van der Waals surface area contributed by atoms with Crippen LogP contribution in [0, 0.1) is 0 Å². The van der Waals surface area contributed by atoms with E-state index in [0.717, 1.165) is 32.2 Å². The highest BCUT2D eigenvalue weighted by Gasteiger charge is 2.27. The first-order chi connectivity index (χ1) is 9.88. The summed E-state index contributed by atoms with van der Waals surface area (Å²) in [5.41, 5.74) is 0. The summed E-state index contributed by atoms with van der Waals surface area (Å²) in [6, 6.07) is 1.77. The molecule has 21 heavy (non-hydrogen) atoms. The van der Waals surface area contributed by atoms with Crippen molar-refractivity contribution in [3.05, 3.63) is 18.5 Å². The molecule has 0 aromatic carbocycles. The molecule has 1 amide bonds. The van der Waals surface area contributed by atoms with E-state index in [9.17, 15) is 13.2 Å². The van der Waals surface area contributed by atoms with Crippen molar-refractivity contribution in [1.82, 2.24) is 15.3 Å². The fraction of sp³-hybridized carbons (Fsp3) is 0.615. The molecule has 0 aliphatic carbocycles. The van der Waals surface area contributed by atoms with Crippen molar-refractivity contribution < 1.29 is 13.2 Å². The summed E-state index contributed by atoms with van der Waals surface area (Å²) in [6.45, 7) is 2.89. The van der Waals surface area contributed by atoms with Gasteiger partial charge in [-0.25, -0.2) is 18.4 Å². The zero-order chi connectivity index (χ0) is 15.5. The van der Waals surface area contributed by atoms with Crippen LogP contribution in [0.4, 0.5) is 5.95 Å². The normalized spacial score (nSPS) is 18.3. The van der Waals surface area contributed by atoms with Crippen LogP contribution in [0.5, 0.6) is 0 Å². The van der Waals surface area contributed by atoms with E-state index >= 15 is 0 Å². The van der Waals surface area contributed by atoms with Crippen LogP contribution in [0.25, 0.3) is 0 Å². The van der Waals surface area contributed by atoms with Crippen LogP contribution in [0.3, 0.4) is 0 Å². The van der Waals surface area contributed by atoms with Gasteiger partial charge in [0.2, 0.25) is 11.9 Å². The van der Waals surface area contributed by atoms with E-state index in [-0.39, 0.29) is 6.04 Å². The molecular formula is C13H20N4O3S. The molecule has 2 heterocycles. The summed E-state index contributed by atoms with van der Waals surface area (Å²) < 4.78 is 22.7. The maximum absolute atomic E-state index is 11.9. The Morgan fingerprint density at radius 1 is 1.33 bits per heavy atom. The molecule has 0 bridgehead atoms. The van der Waals surface area contributed by atoms with Crippen LogP contribution in [0.2, 0.25) is 0 Å². The highest BCUT2D eigenvalue weighted by molar-refractivity contribution is 7.92. The Balaban J connectivity index is 1.86. The molecule has 0 radical (unpaired) electrons. The minimum Gasteiger partial charge on any atom is -0.352 e. The van der Waals surface area contributed by atoms with Gasteiger partial charge in [0.05, 0.1) is 0 Å². The van der Waals surface area contributed by atoms with Gasteiger partial charge in [0.1, 0.15) is 5.25 Å². The molecular weight excluding hydrogens is 292 g/mol. The third-order valence-electron chi connectivity index (χ3n) is 3.69. The van der Waals surface area contributed by atoms with Gasteiger partial charge in [-0.05, 0) is 25.8 Å². The second-order valence-electron chi connectivity index (χ2n) is 5.29. The first-order valence-electron chi connectivity index (χ1n) is 6.89. The van der Waals surface area contributed by atoms with Gasteiger partial charge in [-0.15, -0.1) is 0 Å². The number of aromatic nitrogens is 2. The SMILES string of the molecule is C[C@H](C(=O)NC1CCN(c2ncccn2)CC1)S(C)(=O)=O. The van der Waals surface area contributed by atoms with Crippen molar-refractivity contribution in [2.75, 3.05) is 24.2 Å². The predicted molar refractivity (Wildman–Crippen MR) is 79.7 cm³/mol. The highest BCUT2D eigenvalue weighted by Crippen LogP contribution is 2.15. The molecule has 8 heteroatoms. The van der Waals surface area contributed by atoms with Crippen molar-refractivity contribution in [2.24, 2.45) is 0 Å². The molecule has 1 aromatic heterocycles. The summed E-state index contributed by atoms with van der Waals surface area (Å²) in [5, 5.41) is 1.81. The second kappa shape index (κ2) is 6.38. The van der Waals surface area contributed by atoms with Crippen molar-refractivity contribution in [2.45, 2.75) is 31.1 Å². The van der Waals surface area contributed by atoms with Crippen LogP contribution in [-0.2, 0) is 14.6 Å². The zero-order valence-corrected chi connectivity index (χ0v) is 13.0. The number of carbonyl (C=O) groups excluding carboxylic acids is 1. The van der Waals surface area contributed by atoms with E-state index in [1.54, 1.807) is 18.5 Å². The number of rotatable bonds is 4. The molecule has 1 aromatic rings. The Morgan fingerprint density at radius 3 is 2.43 bits per heavy atom. The average Bonchev–Trinajstić information content (AvgIpc) is 2.47. The lowest BCUT2D eigenvalue weighted by molar-refractivity contribution is -0.121. The summed E-state index contributed by atoms with van der Waals surface area (Å²) in [7, 11) is -3.35.